The minimum Gasteiger partial charge on any atom is -0.484 e. The van der Waals surface area contributed by atoms with Crippen LogP contribution in [0.5, 0.6) is 5.75 Å². The summed E-state index contributed by atoms with van der Waals surface area (Å²) in [6.07, 6.45) is 0. The molecule has 2 aromatic carbocycles. The van der Waals surface area contributed by atoms with E-state index in [0.29, 0.717) is 22.0 Å². The van der Waals surface area contributed by atoms with Crippen LogP contribution in [0.3, 0.4) is 0 Å². The second kappa shape index (κ2) is 6.39. The first kappa shape index (κ1) is 14.3. The van der Waals surface area contributed by atoms with Crippen LogP contribution in [0.25, 0.3) is 0 Å². The quantitative estimate of drug-likeness (QED) is 0.931. The van der Waals surface area contributed by atoms with Crippen molar-refractivity contribution in [2.45, 2.75) is 6.92 Å². The van der Waals surface area contributed by atoms with E-state index in [1.54, 1.807) is 43.3 Å². The van der Waals surface area contributed by atoms with Crippen LogP contribution in [0.15, 0.2) is 42.5 Å². The Balaban J connectivity index is 1.92. The number of benzene rings is 2. The van der Waals surface area contributed by atoms with Crippen LogP contribution < -0.4 is 10.1 Å². The number of nitrogens with one attached hydrogen (secondary N) is 1. The fraction of sp³-hybridized carbons (Fsp3) is 0.133. The van der Waals surface area contributed by atoms with Crippen molar-refractivity contribution >= 4 is 23.2 Å². The van der Waals surface area contributed by atoms with Crippen LogP contribution in [0.1, 0.15) is 5.56 Å². The molecule has 0 aromatic heterocycles. The number of carbonyl (C=O) groups is 1. The van der Waals surface area contributed by atoms with Gasteiger partial charge in [-0.3, -0.25) is 4.79 Å². The average Bonchev–Trinajstić information content (AvgIpc) is 2.43. The molecule has 104 valence electrons. The molecule has 1 N–H and O–H groups in total. The molecule has 0 fully saturated rings. The zero-order chi connectivity index (χ0) is 14.5. The number of ether oxygens (including phenoxy) is 1. The Hall–Kier alpha value is -2.07. The zero-order valence-electron chi connectivity index (χ0n) is 10.8. The maximum atomic E-state index is 13.3. The van der Waals surface area contributed by atoms with Crippen molar-refractivity contribution in [3.05, 3.63) is 58.9 Å². The summed E-state index contributed by atoms with van der Waals surface area (Å²) >= 11 is 5.92. The van der Waals surface area contributed by atoms with Gasteiger partial charge in [0.05, 0.1) is 10.7 Å². The molecule has 20 heavy (non-hydrogen) atoms. The monoisotopic (exact) mass is 293 g/mol. The Morgan fingerprint density at radius 2 is 2.05 bits per heavy atom. The molecule has 3 nitrogen and oxygen atoms in total. The summed E-state index contributed by atoms with van der Waals surface area (Å²) in [6.45, 7) is 1.44. The number of halogens is 2. The summed E-state index contributed by atoms with van der Waals surface area (Å²) in [5, 5.41) is 3.06. The molecule has 2 aromatic rings. The molecule has 2 rings (SSSR count). The van der Waals surface area contributed by atoms with Gasteiger partial charge in [-0.15, -0.1) is 0 Å². The van der Waals surface area contributed by atoms with E-state index in [1.165, 1.54) is 6.07 Å². The molecule has 5 heteroatoms. The van der Waals surface area contributed by atoms with Gasteiger partial charge in [0, 0.05) is 6.07 Å². The van der Waals surface area contributed by atoms with Crippen molar-refractivity contribution in [1.82, 2.24) is 0 Å². The number of amides is 1. The predicted molar refractivity (Wildman–Crippen MR) is 76.7 cm³/mol. The van der Waals surface area contributed by atoms with Crippen molar-refractivity contribution in [2.75, 3.05) is 11.9 Å². The lowest BCUT2D eigenvalue weighted by atomic mass is 10.2. The Morgan fingerprint density at radius 1 is 1.30 bits per heavy atom. The number of hydrogen-bond acceptors (Lipinski definition) is 2. The van der Waals surface area contributed by atoms with Crippen LogP contribution in [-0.2, 0) is 4.79 Å². The fourth-order valence-electron chi connectivity index (χ4n) is 1.56. The van der Waals surface area contributed by atoms with Crippen molar-refractivity contribution in [3.8, 4) is 5.75 Å². The van der Waals surface area contributed by atoms with Gasteiger partial charge in [0.2, 0.25) is 0 Å². The third kappa shape index (κ3) is 3.71. The number of aryl methyl sites for hydroxylation is 1. The highest BCUT2D eigenvalue weighted by Gasteiger charge is 2.07. The third-order valence-electron chi connectivity index (χ3n) is 2.66. The Morgan fingerprint density at radius 3 is 2.75 bits per heavy atom. The molecule has 0 aliphatic heterocycles. The van der Waals surface area contributed by atoms with E-state index in [1.807, 2.05) is 0 Å². The van der Waals surface area contributed by atoms with Gasteiger partial charge >= 0.3 is 0 Å². The van der Waals surface area contributed by atoms with Gasteiger partial charge in [-0.05, 0) is 30.7 Å². The lowest BCUT2D eigenvalue weighted by Crippen LogP contribution is -2.20. The van der Waals surface area contributed by atoms with E-state index in [0.717, 1.165) is 0 Å². The summed E-state index contributed by atoms with van der Waals surface area (Å²) in [5.41, 5.74) is 1.04. The number of para-hydroxylation sites is 1. The molecule has 0 spiro atoms. The summed E-state index contributed by atoms with van der Waals surface area (Å²) in [4.78, 5) is 11.7. The van der Waals surface area contributed by atoms with E-state index in [2.05, 4.69) is 5.32 Å². The normalized spacial score (nSPS) is 10.2. The Bertz CT molecular complexity index is 631. The molecule has 0 atom stereocenters. The zero-order valence-corrected chi connectivity index (χ0v) is 11.6. The van der Waals surface area contributed by atoms with Crippen LogP contribution in [-0.4, -0.2) is 12.5 Å². The molecule has 0 bridgehead atoms. The minimum atomic E-state index is -0.367. The lowest BCUT2D eigenvalue weighted by molar-refractivity contribution is -0.118. The molecule has 0 saturated heterocycles. The fourth-order valence-corrected chi connectivity index (χ4v) is 1.74. The van der Waals surface area contributed by atoms with Gasteiger partial charge in [-0.1, -0.05) is 29.8 Å². The second-order valence-corrected chi connectivity index (χ2v) is 4.63. The smallest absolute Gasteiger partial charge is 0.262 e. The Labute approximate surface area is 121 Å². The molecule has 0 aliphatic rings. The van der Waals surface area contributed by atoms with Gasteiger partial charge < -0.3 is 10.1 Å². The van der Waals surface area contributed by atoms with Crippen molar-refractivity contribution in [2.24, 2.45) is 0 Å². The molecule has 0 radical (unpaired) electrons. The number of hydrogen-bond donors (Lipinski definition) is 1. The van der Waals surface area contributed by atoms with E-state index in [9.17, 15) is 9.18 Å². The standard InChI is InChI=1S/C15H13ClFNO2/c1-10-6-7-11(8-13(10)17)20-9-15(19)18-14-5-3-2-4-12(14)16/h2-8H,9H2,1H3,(H,18,19). The van der Waals surface area contributed by atoms with Crippen LogP contribution in [0.2, 0.25) is 5.02 Å². The second-order valence-electron chi connectivity index (χ2n) is 4.23. The lowest BCUT2D eigenvalue weighted by Gasteiger charge is -2.09. The van der Waals surface area contributed by atoms with E-state index >= 15 is 0 Å². The molecule has 0 aliphatic carbocycles. The molecular weight excluding hydrogens is 281 g/mol. The summed E-state index contributed by atoms with van der Waals surface area (Å²) in [5.74, 6) is -0.421. The van der Waals surface area contributed by atoms with E-state index in [-0.39, 0.29) is 18.3 Å². The van der Waals surface area contributed by atoms with Gasteiger partial charge in [0.15, 0.2) is 6.61 Å². The molecule has 0 heterocycles. The van der Waals surface area contributed by atoms with Gasteiger partial charge in [-0.2, -0.15) is 0 Å². The predicted octanol–water partition coefficient (Wildman–Crippen LogP) is 3.81. The Kier molecular flexibility index (Phi) is 4.58. The summed E-state index contributed by atoms with van der Waals surface area (Å²) < 4.78 is 18.5. The van der Waals surface area contributed by atoms with Gasteiger partial charge in [0.1, 0.15) is 11.6 Å². The first-order valence-electron chi connectivity index (χ1n) is 5.99. The van der Waals surface area contributed by atoms with Crippen LogP contribution in [0.4, 0.5) is 10.1 Å². The number of anilines is 1. The maximum Gasteiger partial charge on any atom is 0.262 e. The SMILES string of the molecule is Cc1ccc(OCC(=O)Nc2ccccc2Cl)cc1F. The topological polar surface area (TPSA) is 38.3 Å². The van der Waals surface area contributed by atoms with E-state index in [4.69, 9.17) is 16.3 Å². The van der Waals surface area contributed by atoms with Crippen LogP contribution in [0, 0.1) is 12.7 Å². The summed E-state index contributed by atoms with van der Waals surface area (Å²) in [6, 6.07) is 11.3. The maximum absolute atomic E-state index is 13.3. The minimum absolute atomic E-state index is 0.215. The highest BCUT2D eigenvalue weighted by Crippen LogP contribution is 2.20. The highest BCUT2D eigenvalue weighted by atomic mass is 35.5. The third-order valence-corrected chi connectivity index (χ3v) is 2.99. The number of rotatable bonds is 4. The first-order chi connectivity index (χ1) is 9.56. The summed E-state index contributed by atoms with van der Waals surface area (Å²) in [7, 11) is 0. The highest BCUT2D eigenvalue weighted by molar-refractivity contribution is 6.33. The molecule has 0 unspecified atom stereocenters. The van der Waals surface area contributed by atoms with Crippen molar-refractivity contribution in [1.29, 1.82) is 0 Å². The van der Waals surface area contributed by atoms with Crippen LogP contribution >= 0.6 is 11.6 Å². The first-order valence-corrected chi connectivity index (χ1v) is 6.37. The van der Waals surface area contributed by atoms with Gasteiger partial charge in [-0.25, -0.2) is 4.39 Å². The number of carbonyl (C=O) groups excluding carboxylic acids is 1. The largest absolute Gasteiger partial charge is 0.484 e. The molecule has 1 amide bonds. The van der Waals surface area contributed by atoms with Crippen molar-refractivity contribution < 1.29 is 13.9 Å². The van der Waals surface area contributed by atoms with Crippen molar-refractivity contribution in [3.63, 3.8) is 0 Å². The van der Waals surface area contributed by atoms with E-state index < -0.39 is 0 Å². The molecule has 0 saturated carbocycles. The van der Waals surface area contributed by atoms with Gasteiger partial charge in [0.25, 0.3) is 5.91 Å². The average molecular weight is 294 g/mol. The molecular formula is C15H13ClFNO2.